The Balaban J connectivity index is 0.000000580. The zero-order valence-electron chi connectivity index (χ0n) is 19.9. The molecule has 2 aromatic rings. The van der Waals surface area contributed by atoms with E-state index in [2.05, 4.69) is 5.32 Å². The van der Waals surface area contributed by atoms with Gasteiger partial charge in [-0.3, -0.25) is 14.4 Å². The molecule has 1 amide bonds. The van der Waals surface area contributed by atoms with E-state index in [1.54, 1.807) is 0 Å². The summed E-state index contributed by atoms with van der Waals surface area (Å²) >= 11 is 0.584. The van der Waals surface area contributed by atoms with Crippen LogP contribution in [0.3, 0.4) is 0 Å². The Bertz CT molecular complexity index is 1120. The van der Waals surface area contributed by atoms with Crippen molar-refractivity contribution in [3.63, 3.8) is 0 Å². The number of hydrogen-bond donors (Lipinski definition) is 6. The van der Waals surface area contributed by atoms with Crippen LogP contribution in [-0.4, -0.2) is 62.7 Å². The van der Waals surface area contributed by atoms with Crippen LogP contribution in [0, 0.1) is 11.6 Å². The van der Waals surface area contributed by atoms with Gasteiger partial charge in [0, 0.05) is 24.3 Å². The van der Waals surface area contributed by atoms with Gasteiger partial charge in [-0.05, 0) is 49.2 Å². The highest BCUT2D eigenvalue weighted by Gasteiger charge is 2.22. The number of rotatable bonds is 11. The minimum absolute atomic E-state index is 0.0390. The van der Waals surface area contributed by atoms with E-state index < -0.39 is 46.7 Å². The SMILES string of the molecule is CC(=O)NC(CSC(=O)c1cc(-c2ccc(F)cc2F)ccc1O)C(=O)O.NCCCCC(N)C(=O)O. The highest BCUT2D eigenvalue weighted by Crippen LogP contribution is 2.30. The van der Waals surface area contributed by atoms with Crippen molar-refractivity contribution in [3.8, 4) is 16.9 Å². The standard InChI is InChI=1S/C18H15F2NO5S.C6H14N2O2/c1-9(22)21-15(17(24)25)8-27-18(26)13-6-10(2-5-16(13)23)12-4-3-11(19)7-14(12)20;7-4-2-1-3-5(8)6(9)10/h2-7,15,23H,8H2,1H3,(H,21,22)(H,24,25);5H,1-4,7-8H2,(H,9,10). The van der Waals surface area contributed by atoms with Gasteiger partial charge in [0.2, 0.25) is 11.0 Å². The number of thioether (sulfide) groups is 1. The predicted octanol–water partition coefficient (Wildman–Crippen LogP) is 2.33. The summed E-state index contributed by atoms with van der Waals surface area (Å²) in [6.45, 7) is 1.75. The summed E-state index contributed by atoms with van der Waals surface area (Å²) in [5.41, 5.74) is 10.5. The molecule has 0 fully saturated rings. The molecule has 0 heterocycles. The average Bonchev–Trinajstić information content (AvgIpc) is 2.82. The van der Waals surface area contributed by atoms with Gasteiger partial charge in [0.25, 0.3) is 0 Å². The summed E-state index contributed by atoms with van der Waals surface area (Å²) in [4.78, 5) is 44.6. The number of benzene rings is 2. The van der Waals surface area contributed by atoms with Gasteiger partial charge >= 0.3 is 11.9 Å². The Labute approximate surface area is 216 Å². The zero-order valence-corrected chi connectivity index (χ0v) is 20.8. The Kier molecular flexibility index (Phi) is 13.2. The number of unbranched alkanes of at least 4 members (excludes halogenated alkanes) is 1. The van der Waals surface area contributed by atoms with E-state index in [0.717, 1.165) is 25.8 Å². The third kappa shape index (κ3) is 10.9. The van der Waals surface area contributed by atoms with Crippen LogP contribution in [0.2, 0.25) is 0 Å². The molecule has 0 spiro atoms. The van der Waals surface area contributed by atoms with E-state index in [0.29, 0.717) is 30.8 Å². The normalized spacial score (nSPS) is 12.0. The summed E-state index contributed by atoms with van der Waals surface area (Å²) in [6.07, 6.45) is 2.16. The summed E-state index contributed by atoms with van der Waals surface area (Å²) in [5.74, 6) is -5.02. The number of aromatic hydroxyl groups is 1. The summed E-state index contributed by atoms with van der Waals surface area (Å²) in [6, 6.07) is 4.75. The van der Waals surface area contributed by atoms with E-state index in [4.69, 9.17) is 21.7 Å². The first kappa shape index (κ1) is 31.5. The van der Waals surface area contributed by atoms with Crippen molar-refractivity contribution >= 4 is 34.7 Å². The third-order valence-electron chi connectivity index (χ3n) is 4.80. The highest BCUT2D eigenvalue weighted by molar-refractivity contribution is 8.14. The highest BCUT2D eigenvalue weighted by atomic mass is 32.2. The van der Waals surface area contributed by atoms with Crippen LogP contribution in [0.15, 0.2) is 36.4 Å². The maximum Gasteiger partial charge on any atom is 0.327 e. The van der Waals surface area contributed by atoms with Crippen LogP contribution in [-0.2, 0) is 14.4 Å². The van der Waals surface area contributed by atoms with Crippen LogP contribution in [0.25, 0.3) is 11.1 Å². The largest absolute Gasteiger partial charge is 0.507 e. The van der Waals surface area contributed by atoms with Crippen molar-refractivity contribution in [2.24, 2.45) is 11.5 Å². The Hall–Kier alpha value is -3.55. The number of carbonyl (C=O) groups is 4. The van der Waals surface area contributed by atoms with Crippen molar-refractivity contribution in [1.29, 1.82) is 0 Å². The first-order valence-corrected chi connectivity index (χ1v) is 12.0. The molecule has 0 aromatic heterocycles. The fourth-order valence-corrected chi connectivity index (χ4v) is 3.74. The van der Waals surface area contributed by atoms with Gasteiger partial charge in [0.1, 0.15) is 29.5 Å². The third-order valence-corrected chi connectivity index (χ3v) is 5.78. The molecule has 0 bridgehead atoms. The lowest BCUT2D eigenvalue weighted by atomic mass is 10.0. The second kappa shape index (κ2) is 15.5. The van der Waals surface area contributed by atoms with E-state index in [1.807, 2.05) is 0 Å². The molecule has 37 heavy (non-hydrogen) atoms. The van der Waals surface area contributed by atoms with Crippen molar-refractivity contribution in [1.82, 2.24) is 5.32 Å². The number of amides is 1. The van der Waals surface area contributed by atoms with Crippen molar-refractivity contribution < 1.29 is 43.3 Å². The molecule has 13 heteroatoms. The Morgan fingerprint density at radius 2 is 1.70 bits per heavy atom. The minimum Gasteiger partial charge on any atom is -0.507 e. The number of phenolic OH excluding ortho intramolecular Hbond substituents is 1. The molecular formula is C24H29F2N3O7S. The van der Waals surface area contributed by atoms with Crippen LogP contribution < -0.4 is 16.8 Å². The summed E-state index contributed by atoms with van der Waals surface area (Å²) in [5, 5.41) is 28.8. The topological polar surface area (TPSA) is 193 Å². The lowest BCUT2D eigenvalue weighted by Crippen LogP contribution is -2.41. The molecule has 0 radical (unpaired) electrons. The van der Waals surface area contributed by atoms with Gasteiger partial charge in [-0.25, -0.2) is 13.6 Å². The molecule has 0 saturated heterocycles. The van der Waals surface area contributed by atoms with Crippen LogP contribution >= 0.6 is 11.8 Å². The maximum absolute atomic E-state index is 13.9. The van der Waals surface area contributed by atoms with Crippen LogP contribution in [0.1, 0.15) is 36.5 Å². The van der Waals surface area contributed by atoms with Gasteiger partial charge < -0.3 is 32.1 Å². The van der Waals surface area contributed by atoms with Gasteiger partial charge in [-0.1, -0.05) is 24.2 Å². The number of halogens is 2. The monoisotopic (exact) mass is 541 g/mol. The zero-order chi connectivity index (χ0) is 28.1. The molecule has 0 aliphatic carbocycles. The lowest BCUT2D eigenvalue weighted by Gasteiger charge is -2.13. The molecule has 202 valence electrons. The van der Waals surface area contributed by atoms with Crippen molar-refractivity contribution in [3.05, 3.63) is 53.6 Å². The van der Waals surface area contributed by atoms with E-state index >= 15 is 0 Å². The molecule has 0 aliphatic heterocycles. The van der Waals surface area contributed by atoms with E-state index in [1.165, 1.54) is 24.3 Å². The van der Waals surface area contributed by atoms with Crippen molar-refractivity contribution in [2.45, 2.75) is 38.3 Å². The maximum atomic E-state index is 13.9. The number of nitrogens with one attached hydrogen (secondary N) is 1. The smallest absolute Gasteiger partial charge is 0.327 e. The van der Waals surface area contributed by atoms with Crippen molar-refractivity contribution in [2.75, 3.05) is 12.3 Å². The molecule has 8 N–H and O–H groups in total. The molecule has 10 nitrogen and oxygen atoms in total. The molecule has 0 saturated carbocycles. The molecular weight excluding hydrogens is 512 g/mol. The van der Waals surface area contributed by atoms with Gasteiger partial charge in [0.05, 0.1) is 5.56 Å². The number of carboxylic acid groups (broad SMARTS) is 2. The average molecular weight is 542 g/mol. The number of aliphatic carboxylic acids is 2. The first-order chi connectivity index (χ1) is 17.4. The lowest BCUT2D eigenvalue weighted by molar-refractivity contribution is -0.141. The van der Waals surface area contributed by atoms with Gasteiger partial charge in [0.15, 0.2) is 0 Å². The molecule has 2 rings (SSSR count). The minimum atomic E-state index is -1.31. The first-order valence-electron chi connectivity index (χ1n) is 11.0. The van der Waals surface area contributed by atoms with Crippen LogP contribution in [0.5, 0.6) is 5.75 Å². The van der Waals surface area contributed by atoms with Crippen LogP contribution in [0.4, 0.5) is 8.78 Å². The number of nitrogens with two attached hydrogens (primary N) is 2. The fraction of sp³-hybridized carbons (Fsp3) is 0.333. The number of carboxylic acids is 2. The number of hydrogen-bond acceptors (Lipinski definition) is 8. The van der Waals surface area contributed by atoms with E-state index in [9.17, 15) is 33.1 Å². The number of phenols is 1. The molecule has 0 aliphatic rings. The molecule has 2 aromatic carbocycles. The van der Waals surface area contributed by atoms with Gasteiger partial charge in [-0.2, -0.15) is 0 Å². The van der Waals surface area contributed by atoms with E-state index in [-0.39, 0.29) is 28.2 Å². The quantitative estimate of drug-likeness (QED) is 0.230. The second-order valence-electron chi connectivity index (χ2n) is 7.78. The fourth-order valence-electron chi connectivity index (χ4n) is 2.88. The second-order valence-corrected chi connectivity index (χ2v) is 8.77. The number of carbonyl (C=O) groups excluding carboxylic acids is 2. The summed E-state index contributed by atoms with van der Waals surface area (Å²) < 4.78 is 27.0. The Morgan fingerprint density at radius 1 is 1.03 bits per heavy atom. The molecule has 2 atom stereocenters. The summed E-state index contributed by atoms with van der Waals surface area (Å²) in [7, 11) is 0. The molecule has 2 unspecified atom stereocenters. The Morgan fingerprint density at radius 3 is 2.24 bits per heavy atom. The van der Waals surface area contributed by atoms with Gasteiger partial charge in [-0.15, -0.1) is 0 Å². The predicted molar refractivity (Wildman–Crippen MR) is 134 cm³/mol.